The van der Waals surface area contributed by atoms with E-state index in [0.717, 1.165) is 24.3 Å². The summed E-state index contributed by atoms with van der Waals surface area (Å²) >= 11 is 15.6. The standard InChI is InChI=1S/C8H12OS2.C7H8S2.BI3.BI2/c1-9-8-6-11-5-7(8)3-2-4-10;1-2-6-4-8-5-7(6)9-3-1;1-4(2)3;1-3-2/h5-6,10H,2-4H2,1H3;4-5H,1-3H2;;/q;;;-1. The molecule has 0 aliphatic carbocycles. The number of rotatable bonds is 4. The second-order valence-electron chi connectivity index (χ2n) is 4.81. The second kappa shape index (κ2) is 21.5. The molecular formula is C15H20B2I5OS4-. The summed E-state index contributed by atoms with van der Waals surface area (Å²) in [6, 6.07) is 0. The molecule has 0 atom stereocenters. The first-order chi connectivity index (χ1) is 13.0. The Labute approximate surface area is 230 Å². The summed E-state index contributed by atoms with van der Waals surface area (Å²) in [5.41, 5.74) is 13.1. The van der Waals surface area contributed by atoms with Crippen LogP contribution >= 0.6 is 115 Å². The molecular weight excluding hydrogens is 981 g/mol. The predicted molar refractivity (Wildman–Crippen MR) is 164 cm³/mol. The predicted octanol–water partition coefficient (Wildman–Crippen LogP) is 5.19. The van der Waals surface area contributed by atoms with Crippen LogP contribution in [0.15, 0.2) is 26.4 Å². The van der Waals surface area contributed by atoms with Gasteiger partial charge in [0, 0.05) is 21.2 Å². The van der Waals surface area contributed by atoms with E-state index in [1.165, 1.54) is 29.1 Å². The maximum atomic E-state index is 5.24. The van der Waals surface area contributed by atoms with Gasteiger partial charge in [0.15, 0.2) is 0 Å². The van der Waals surface area contributed by atoms with Crippen molar-refractivity contribution in [1.29, 1.82) is 0 Å². The van der Waals surface area contributed by atoms with Crippen LogP contribution in [0.3, 0.4) is 0 Å². The van der Waals surface area contributed by atoms with Crippen molar-refractivity contribution in [3.8, 4) is 5.75 Å². The Hall–Kier alpha value is 3.68. The van der Waals surface area contributed by atoms with Gasteiger partial charge < -0.3 is 4.74 Å². The summed E-state index contributed by atoms with van der Waals surface area (Å²) in [4.78, 5) is 1.53. The molecule has 1 aliphatic rings. The number of methoxy groups -OCH3 is 1. The second-order valence-corrected chi connectivity index (χ2v) is 35.0. The Morgan fingerprint density at radius 2 is 1.89 bits per heavy atom. The molecule has 0 fully saturated rings. The number of thiol groups is 1. The molecule has 0 unspecified atom stereocenters. The minimum Gasteiger partial charge on any atom is -0.151 e. The number of thiophene rings is 2. The summed E-state index contributed by atoms with van der Waals surface area (Å²) in [5, 5.41) is 8.72. The van der Waals surface area contributed by atoms with Crippen molar-refractivity contribution in [3.05, 3.63) is 32.6 Å². The maximum Gasteiger partial charge on any atom is 0.0211 e. The van der Waals surface area contributed by atoms with Crippen molar-refractivity contribution in [2.75, 3.05) is 18.6 Å². The summed E-state index contributed by atoms with van der Waals surface area (Å²) in [5.74, 6) is 3.29. The van der Waals surface area contributed by atoms with Gasteiger partial charge in [-0.1, -0.05) is 0 Å². The van der Waals surface area contributed by atoms with E-state index in [1.54, 1.807) is 24.0 Å². The van der Waals surface area contributed by atoms with E-state index in [9.17, 15) is 0 Å². The monoisotopic (exact) mass is 1000 g/mol. The topological polar surface area (TPSA) is 9.23 Å². The van der Waals surface area contributed by atoms with E-state index in [4.69, 9.17) is 16.1 Å². The first kappa shape index (κ1) is 30.7. The summed E-state index contributed by atoms with van der Waals surface area (Å²) < 4.78 is 5.17. The number of ether oxygens (including phenoxy) is 1. The first-order valence-electron chi connectivity index (χ1n) is 7.59. The van der Waals surface area contributed by atoms with Crippen molar-refractivity contribution in [1.82, 2.24) is 0 Å². The number of hydrogen-bond acceptors (Lipinski definition) is 5. The quantitative estimate of drug-likeness (QED) is 0.257. The van der Waals surface area contributed by atoms with Crippen molar-refractivity contribution >= 4 is 126 Å². The molecule has 152 valence electrons. The van der Waals surface area contributed by atoms with E-state index in [0.29, 0.717) is 0 Å². The maximum absolute atomic E-state index is 5.24. The Balaban J connectivity index is 0.000000379. The third kappa shape index (κ3) is 16.9. The Bertz CT molecular complexity index is 563. The van der Waals surface area contributed by atoms with Crippen molar-refractivity contribution in [3.63, 3.8) is 0 Å². The molecule has 2 aromatic rings. The summed E-state index contributed by atoms with van der Waals surface area (Å²) in [6.07, 6.45) is 4.88. The third-order valence-corrected chi connectivity index (χ3v) is 6.29. The zero-order valence-corrected chi connectivity index (χ0v) is 28.8. The molecule has 0 amide bonds. The number of hydrogen-bond donors (Lipinski definition) is 1. The van der Waals surface area contributed by atoms with Gasteiger partial charge in [0.25, 0.3) is 0 Å². The molecule has 0 spiro atoms. The molecule has 0 saturated carbocycles. The normalized spacial score (nSPS) is 12.3. The zero-order chi connectivity index (χ0) is 20.5. The Morgan fingerprint density at radius 1 is 1.26 bits per heavy atom. The van der Waals surface area contributed by atoms with Crippen molar-refractivity contribution in [2.45, 2.75) is 30.6 Å². The van der Waals surface area contributed by atoms with E-state index in [-0.39, 0.29) is 17.0 Å². The van der Waals surface area contributed by atoms with Crippen LogP contribution < -0.4 is 21.8 Å². The molecule has 3 heterocycles. The molecule has 1 aliphatic heterocycles. The first-order valence-corrected chi connectivity index (χ1v) is 32.4. The molecule has 1 nitrogen and oxygen atoms in total. The fourth-order valence-electron chi connectivity index (χ4n) is 2.01. The minimum absolute atomic E-state index is 0.0600. The summed E-state index contributed by atoms with van der Waals surface area (Å²) in [7, 11) is 1.71. The molecule has 0 N–H and O–H groups in total. The zero-order valence-electron chi connectivity index (χ0n) is 14.7. The van der Waals surface area contributed by atoms with E-state index in [1.807, 2.05) is 28.5 Å². The van der Waals surface area contributed by atoms with Gasteiger partial charge >= 0.3 is 95.9 Å². The number of thioether (sulfide) groups is 1. The van der Waals surface area contributed by atoms with Crippen molar-refractivity contribution in [2.24, 2.45) is 0 Å². The van der Waals surface area contributed by atoms with E-state index < -0.39 is 11.7 Å². The third-order valence-electron chi connectivity index (χ3n) is 3.08. The Kier molecular flexibility index (Phi) is 24.5. The number of halogens is 5. The van der Waals surface area contributed by atoms with E-state index in [2.05, 4.69) is 84.6 Å². The largest absolute Gasteiger partial charge is 0.151 e. The molecule has 27 heavy (non-hydrogen) atoms. The average Bonchev–Trinajstić information content (AvgIpc) is 3.29. The van der Waals surface area contributed by atoms with Gasteiger partial charge in [0.2, 0.25) is 0 Å². The van der Waals surface area contributed by atoms with Gasteiger partial charge in [-0.25, -0.2) is 0 Å². The summed E-state index contributed by atoms with van der Waals surface area (Å²) in [6.45, 7) is 0. The van der Waals surface area contributed by atoms with Gasteiger partial charge in [0.05, 0.1) is 7.11 Å². The smallest absolute Gasteiger partial charge is 0.0211 e. The fourth-order valence-corrected chi connectivity index (χ4v) is 5.12. The minimum atomic E-state index is -0.823. The molecule has 12 heteroatoms. The molecule has 3 rings (SSSR count). The van der Waals surface area contributed by atoms with Crippen LogP contribution in [0.1, 0.15) is 24.0 Å². The average molecular weight is 1000 g/mol. The molecule has 0 saturated heterocycles. The van der Waals surface area contributed by atoms with E-state index >= 15 is 0 Å². The van der Waals surface area contributed by atoms with Crippen LogP contribution in [0.2, 0.25) is 0 Å². The Morgan fingerprint density at radius 3 is 2.44 bits per heavy atom. The van der Waals surface area contributed by atoms with Gasteiger partial charge in [0.1, 0.15) is 5.75 Å². The van der Waals surface area contributed by atoms with Crippen LogP contribution in [0.4, 0.5) is 0 Å². The van der Waals surface area contributed by atoms with Gasteiger partial charge in [-0.05, 0) is 53.5 Å². The molecule has 4 radical (unpaired) electrons. The van der Waals surface area contributed by atoms with Crippen molar-refractivity contribution < 1.29 is 21.8 Å². The fraction of sp³-hybridized carbons (Fsp3) is 0.467. The van der Waals surface area contributed by atoms with Crippen LogP contribution in [0.5, 0.6) is 5.75 Å². The molecule has 0 bridgehead atoms. The molecule has 0 aromatic carbocycles. The molecule has 2 aromatic heterocycles. The van der Waals surface area contributed by atoms with Crippen LogP contribution in [0, 0.1) is 0 Å². The van der Waals surface area contributed by atoms with Gasteiger partial charge in [-0.2, -0.15) is 24.0 Å². The van der Waals surface area contributed by atoms with Crippen LogP contribution in [-0.4, -0.2) is 30.0 Å². The van der Waals surface area contributed by atoms with Gasteiger partial charge in [-0.15, -0.1) is 23.1 Å². The van der Waals surface area contributed by atoms with Gasteiger partial charge in [-0.3, -0.25) is 0 Å². The SMILES string of the molecule is COc1cscc1CCCS.[B]I(I)I.[B][I-]I.c1scc2c1CCCS2. The number of fused-ring (bicyclic) bond motifs is 1. The van der Waals surface area contributed by atoms with Crippen LogP contribution in [-0.2, 0) is 12.8 Å². The van der Waals surface area contributed by atoms with Crippen LogP contribution in [0.25, 0.3) is 0 Å². The number of aryl methyl sites for hydroxylation is 2.